The molecule has 0 aromatic rings. The van der Waals surface area contributed by atoms with Crippen LogP contribution in [0.4, 0.5) is 0 Å². The highest BCUT2D eigenvalue weighted by Crippen LogP contribution is 2.62. The lowest BCUT2D eigenvalue weighted by molar-refractivity contribution is 0.0970. The van der Waals surface area contributed by atoms with Crippen LogP contribution < -0.4 is 0 Å². The molecule has 1 spiro atoms. The second kappa shape index (κ2) is 2.49. The van der Waals surface area contributed by atoms with Gasteiger partial charge in [0.15, 0.2) is 0 Å². The maximum Gasteiger partial charge on any atom is -0.0289 e. The van der Waals surface area contributed by atoms with Crippen molar-refractivity contribution >= 4 is 0 Å². The minimum absolute atomic E-state index is 0.689. The minimum atomic E-state index is 0.689. The van der Waals surface area contributed by atoms with Gasteiger partial charge in [-0.1, -0.05) is 27.2 Å². The Morgan fingerprint density at radius 1 is 1.25 bits per heavy atom. The van der Waals surface area contributed by atoms with E-state index in [0.717, 1.165) is 11.3 Å². The van der Waals surface area contributed by atoms with Crippen molar-refractivity contribution in [1.29, 1.82) is 0 Å². The summed E-state index contributed by atoms with van der Waals surface area (Å²) in [7, 11) is 0. The predicted octanol–water partition coefficient (Wildman–Crippen LogP) is 4.00. The molecule has 2 aliphatic carbocycles. The molecule has 2 atom stereocenters. The molecule has 0 saturated heterocycles. The summed E-state index contributed by atoms with van der Waals surface area (Å²) in [4.78, 5) is 0. The Kier molecular flexibility index (Phi) is 1.79. The van der Waals surface area contributed by atoms with Gasteiger partial charge in [0, 0.05) is 0 Å². The first kappa shape index (κ1) is 8.59. The lowest BCUT2D eigenvalue weighted by Gasteiger charge is -2.41. The van der Waals surface area contributed by atoms with Gasteiger partial charge < -0.3 is 0 Å². The van der Waals surface area contributed by atoms with Crippen molar-refractivity contribution < 1.29 is 0 Å². The Hall–Kier alpha value is 0. The van der Waals surface area contributed by atoms with Crippen LogP contribution in [0, 0.1) is 16.7 Å². The molecule has 0 heteroatoms. The van der Waals surface area contributed by atoms with Crippen LogP contribution >= 0.6 is 0 Å². The fourth-order valence-corrected chi connectivity index (χ4v) is 3.53. The molecule has 0 amide bonds. The third-order valence-electron chi connectivity index (χ3n) is 4.24. The van der Waals surface area contributed by atoms with Gasteiger partial charge in [-0.25, -0.2) is 0 Å². The van der Waals surface area contributed by atoms with E-state index < -0.39 is 0 Å². The van der Waals surface area contributed by atoms with Crippen molar-refractivity contribution in [2.45, 2.75) is 59.3 Å². The normalized spacial score (nSPS) is 44.8. The van der Waals surface area contributed by atoms with Gasteiger partial charge in [-0.2, -0.15) is 0 Å². The molecular formula is C12H22. The predicted molar refractivity (Wildman–Crippen MR) is 53.1 cm³/mol. The molecular weight excluding hydrogens is 144 g/mol. The standard InChI is InChI=1S/C12H22/c1-4-11(3)7-10(2)8-12(9-11)5-6-12/h10H,4-9H2,1-3H3. The molecule has 0 aromatic heterocycles. The average Bonchev–Trinajstić information content (AvgIpc) is 2.67. The summed E-state index contributed by atoms with van der Waals surface area (Å²) in [5, 5.41) is 0. The van der Waals surface area contributed by atoms with Crippen LogP contribution in [0.25, 0.3) is 0 Å². The quantitative estimate of drug-likeness (QED) is 0.552. The first-order valence-corrected chi connectivity index (χ1v) is 5.58. The summed E-state index contributed by atoms with van der Waals surface area (Å²) < 4.78 is 0. The van der Waals surface area contributed by atoms with Crippen LogP contribution in [0.15, 0.2) is 0 Å². The van der Waals surface area contributed by atoms with Crippen LogP contribution in [-0.2, 0) is 0 Å². The van der Waals surface area contributed by atoms with Crippen molar-refractivity contribution in [3.8, 4) is 0 Å². The highest BCUT2D eigenvalue weighted by atomic mass is 14.6. The Labute approximate surface area is 76.7 Å². The van der Waals surface area contributed by atoms with Gasteiger partial charge in [-0.15, -0.1) is 0 Å². The van der Waals surface area contributed by atoms with Crippen molar-refractivity contribution in [1.82, 2.24) is 0 Å². The molecule has 2 unspecified atom stereocenters. The molecule has 12 heavy (non-hydrogen) atoms. The van der Waals surface area contributed by atoms with E-state index in [-0.39, 0.29) is 0 Å². The highest BCUT2D eigenvalue weighted by Gasteiger charge is 2.50. The van der Waals surface area contributed by atoms with Gasteiger partial charge in [-0.05, 0) is 48.9 Å². The second-order valence-corrected chi connectivity index (χ2v) is 5.85. The molecule has 2 saturated carbocycles. The fourth-order valence-electron chi connectivity index (χ4n) is 3.53. The number of rotatable bonds is 1. The molecule has 0 heterocycles. The summed E-state index contributed by atoms with van der Waals surface area (Å²) in [6.45, 7) is 7.32. The topological polar surface area (TPSA) is 0 Å². The molecule has 0 aromatic carbocycles. The van der Waals surface area contributed by atoms with Crippen LogP contribution in [0.2, 0.25) is 0 Å². The largest absolute Gasteiger partial charge is 0.0649 e. The Balaban J connectivity index is 2.08. The van der Waals surface area contributed by atoms with E-state index in [2.05, 4.69) is 20.8 Å². The van der Waals surface area contributed by atoms with Gasteiger partial charge in [0.25, 0.3) is 0 Å². The summed E-state index contributed by atoms with van der Waals surface area (Å²) in [5.41, 5.74) is 1.52. The summed E-state index contributed by atoms with van der Waals surface area (Å²) in [5.74, 6) is 0.992. The Morgan fingerprint density at radius 3 is 2.42 bits per heavy atom. The third-order valence-corrected chi connectivity index (χ3v) is 4.24. The lowest BCUT2D eigenvalue weighted by Crippen LogP contribution is -2.30. The highest BCUT2D eigenvalue weighted by molar-refractivity contribution is 5.02. The van der Waals surface area contributed by atoms with Crippen LogP contribution in [0.1, 0.15) is 59.3 Å². The van der Waals surface area contributed by atoms with Gasteiger partial charge in [0.2, 0.25) is 0 Å². The summed E-state index contributed by atoms with van der Waals surface area (Å²) in [6, 6.07) is 0. The van der Waals surface area contributed by atoms with Crippen molar-refractivity contribution in [3.63, 3.8) is 0 Å². The molecule has 0 nitrogen and oxygen atoms in total. The minimum Gasteiger partial charge on any atom is -0.0649 e. The fraction of sp³-hybridized carbons (Fsp3) is 1.00. The van der Waals surface area contributed by atoms with Gasteiger partial charge >= 0.3 is 0 Å². The number of hydrogen-bond donors (Lipinski definition) is 0. The van der Waals surface area contributed by atoms with Crippen molar-refractivity contribution in [2.24, 2.45) is 16.7 Å². The van der Waals surface area contributed by atoms with E-state index >= 15 is 0 Å². The van der Waals surface area contributed by atoms with Gasteiger partial charge in [0.05, 0.1) is 0 Å². The third kappa shape index (κ3) is 1.41. The molecule has 0 N–H and O–H groups in total. The van der Waals surface area contributed by atoms with Crippen molar-refractivity contribution in [3.05, 3.63) is 0 Å². The lowest BCUT2D eigenvalue weighted by atomic mass is 9.64. The zero-order valence-electron chi connectivity index (χ0n) is 8.82. The zero-order chi connectivity index (χ0) is 8.82. The molecule has 0 aliphatic heterocycles. The molecule has 0 radical (unpaired) electrons. The SMILES string of the molecule is CCC1(C)CC(C)CC2(CC2)C1. The van der Waals surface area contributed by atoms with Crippen LogP contribution in [0.5, 0.6) is 0 Å². The van der Waals surface area contributed by atoms with Gasteiger partial charge in [-0.3, -0.25) is 0 Å². The summed E-state index contributed by atoms with van der Waals surface area (Å²) in [6.07, 6.45) is 8.99. The van der Waals surface area contributed by atoms with E-state index in [4.69, 9.17) is 0 Å². The summed E-state index contributed by atoms with van der Waals surface area (Å²) >= 11 is 0. The molecule has 2 fully saturated rings. The molecule has 2 aliphatic rings. The maximum absolute atomic E-state index is 2.50. The monoisotopic (exact) mass is 166 g/mol. The first-order valence-electron chi connectivity index (χ1n) is 5.58. The van der Waals surface area contributed by atoms with Gasteiger partial charge in [0.1, 0.15) is 0 Å². The van der Waals surface area contributed by atoms with E-state index in [1.165, 1.54) is 38.5 Å². The Bertz CT molecular complexity index is 178. The van der Waals surface area contributed by atoms with E-state index in [1.54, 1.807) is 0 Å². The zero-order valence-corrected chi connectivity index (χ0v) is 8.82. The van der Waals surface area contributed by atoms with E-state index in [9.17, 15) is 0 Å². The molecule has 70 valence electrons. The maximum atomic E-state index is 2.50. The average molecular weight is 166 g/mol. The smallest absolute Gasteiger partial charge is 0.0289 e. The number of hydrogen-bond acceptors (Lipinski definition) is 0. The molecule has 0 bridgehead atoms. The second-order valence-electron chi connectivity index (χ2n) is 5.85. The molecule has 2 rings (SSSR count). The van der Waals surface area contributed by atoms with E-state index in [1.807, 2.05) is 0 Å². The van der Waals surface area contributed by atoms with E-state index in [0.29, 0.717) is 5.41 Å². The van der Waals surface area contributed by atoms with Crippen molar-refractivity contribution in [2.75, 3.05) is 0 Å². The van der Waals surface area contributed by atoms with Crippen LogP contribution in [-0.4, -0.2) is 0 Å². The van der Waals surface area contributed by atoms with Crippen LogP contribution in [0.3, 0.4) is 0 Å². The Morgan fingerprint density at radius 2 is 1.92 bits per heavy atom. The first-order chi connectivity index (χ1) is 5.58.